The molecular formula is C11H18N6O2S. The minimum atomic E-state index is -3.92. The predicted molar refractivity (Wildman–Crippen MR) is 73.4 cm³/mol. The van der Waals surface area contributed by atoms with Crippen molar-refractivity contribution in [2.24, 2.45) is 12.2 Å². The lowest BCUT2D eigenvalue weighted by molar-refractivity contribution is 0.523. The van der Waals surface area contributed by atoms with Crippen molar-refractivity contribution in [3.05, 3.63) is 11.8 Å². The van der Waals surface area contributed by atoms with Crippen LogP contribution in [0.4, 0.5) is 0 Å². The molecule has 20 heavy (non-hydrogen) atoms. The van der Waals surface area contributed by atoms with E-state index in [0.29, 0.717) is 11.5 Å². The molecule has 2 heterocycles. The Balaban J connectivity index is 2.69. The van der Waals surface area contributed by atoms with Gasteiger partial charge in [0, 0.05) is 13.1 Å². The van der Waals surface area contributed by atoms with Gasteiger partial charge in [0.15, 0.2) is 5.82 Å². The highest BCUT2D eigenvalue weighted by molar-refractivity contribution is 7.89. The lowest BCUT2D eigenvalue weighted by Gasteiger charge is -2.12. The van der Waals surface area contributed by atoms with Crippen molar-refractivity contribution in [2.75, 3.05) is 0 Å². The minimum absolute atomic E-state index is 0.145. The zero-order valence-electron chi connectivity index (χ0n) is 11.9. The van der Waals surface area contributed by atoms with Crippen LogP contribution in [0.15, 0.2) is 11.2 Å². The van der Waals surface area contributed by atoms with Gasteiger partial charge in [-0.3, -0.25) is 9.25 Å². The number of sulfonamides is 1. The van der Waals surface area contributed by atoms with E-state index < -0.39 is 10.0 Å². The summed E-state index contributed by atoms with van der Waals surface area (Å²) in [6, 6.07) is 1.73. The van der Waals surface area contributed by atoms with Crippen molar-refractivity contribution < 1.29 is 8.42 Å². The largest absolute Gasteiger partial charge is 0.293 e. The summed E-state index contributed by atoms with van der Waals surface area (Å²) < 4.78 is 26.3. The van der Waals surface area contributed by atoms with E-state index in [1.54, 1.807) is 11.7 Å². The van der Waals surface area contributed by atoms with E-state index in [0.717, 1.165) is 12.1 Å². The first-order chi connectivity index (χ1) is 9.25. The molecule has 2 rings (SSSR count). The highest BCUT2D eigenvalue weighted by atomic mass is 32.2. The number of nitrogens with zero attached hydrogens (tertiary/aromatic N) is 5. The zero-order chi connectivity index (χ0) is 15.1. The maximum Gasteiger partial charge on any atom is 0.273 e. The summed E-state index contributed by atoms with van der Waals surface area (Å²) in [7, 11) is -2.14. The quantitative estimate of drug-likeness (QED) is 0.882. The molecule has 2 aromatic rings. The Hall–Kier alpha value is -1.74. The fraction of sp³-hybridized carbons (Fsp3) is 0.545. The van der Waals surface area contributed by atoms with Crippen LogP contribution in [0.1, 0.15) is 32.5 Å². The molecule has 110 valence electrons. The smallest absolute Gasteiger partial charge is 0.273 e. The zero-order valence-corrected chi connectivity index (χ0v) is 12.7. The van der Waals surface area contributed by atoms with E-state index in [1.165, 1.54) is 4.57 Å². The Kier molecular flexibility index (Phi) is 3.65. The van der Waals surface area contributed by atoms with E-state index in [-0.39, 0.29) is 11.2 Å². The average molecular weight is 298 g/mol. The first kappa shape index (κ1) is 14.7. The van der Waals surface area contributed by atoms with Gasteiger partial charge in [0.25, 0.3) is 15.2 Å². The van der Waals surface area contributed by atoms with Crippen LogP contribution in [0.3, 0.4) is 0 Å². The Bertz CT molecular complexity index is 728. The third-order valence-corrected chi connectivity index (χ3v) is 3.74. The van der Waals surface area contributed by atoms with E-state index in [2.05, 4.69) is 15.3 Å². The molecule has 0 radical (unpaired) electrons. The first-order valence-electron chi connectivity index (χ1n) is 6.26. The van der Waals surface area contributed by atoms with Gasteiger partial charge in [0.05, 0.1) is 5.69 Å². The molecule has 9 heteroatoms. The summed E-state index contributed by atoms with van der Waals surface area (Å²) >= 11 is 0. The van der Waals surface area contributed by atoms with Crippen molar-refractivity contribution in [2.45, 2.75) is 38.4 Å². The third-order valence-electron chi connectivity index (χ3n) is 2.96. The standard InChI is InChI=1S/C11H18N6O2S/c1-5-8-6-9(16(4)15-8)10-13-14-11(20(12,18)19)17(10)7(2)3/h6-7H,5H2,1-4H3,(H2,12,18,19). The Labute approximate surface area is 117 Å². The average Bonchev–Trinajstić information content (AvgIpc) is 2.90. The molecular weight excluding hydrogens is 280 g/mol. The second-order valence-electron chi connectivity index (χ2n) is 4.81. The van der Waals surface area contributed by atoms with Crippen LogP contribution in [-0.2, 0) is 23.5 Å². The van der Waals surface area contributed by atoms with Crippen LogP contribution in [0, 0.1) is 0 Å². The number of hydrogen-bond acceptors (Lipinski definition) is 5. The number of aryl methyl sites for hydroxylation is 2. The number of hydrogen-bond donors (Lipinski definition) is 1. The van der Waals surface area contributed by atoms with Gasteiger partial charge in [0.2, 0.25) is 0 Å². The van der Waals surface area contributed by atoms with Gasteiger partial charge in [-0.25, -0.2) is 13.6 Å². The maximum atomic E-state index is 11.6. The van der Waals surface area contributed by atoms with Crippen LogP contribution in [0.2, 0.25) is 0 Å². The summed E-state index contributed by atoms with van der Waals surface area (Å²) in [4.78, 5) is 0. The summed E-state index contributed by atoms with van der Waals surface area (Å²) in [5.41, 5.74) is 1.61. The van der Waals surface area contributed by atoms with Gasteiger partial charge in [-0.2, -0.15) is 5.10 Å². The summed E-state index contributed by atoms with van der Waals surface area (Å²) in [5.74, 6) is 0.443. The SMILES string of the molecule is CCc1cc(-c2nnc(S(N)(=O)=O)n2C(C)C)n(C)n1. The van der Waals surface area contributed by atoms with Gasteiger partial charge in [-0.15, -0.1) is 10.2 Å². The van der Waals surface area contributed by atoms with Gasteiger partial charge in [-0.1, -0.05) is 6.92 Å². The molecule has 2 N–H and O–H groups in total. The maximum absolute atomic E-state index is 11.6. The fourth-order valence-corrected chi connectivity index (χ4v) is 2.75. The highest BCUT2D eigenvalue weighted by Crippen LogP contribution is 2.24. The molecule has 2 aromatic heterocycles. The van der Waals surface area contributed by atoms with Crippen LogP contribution < -0.4 is 5.14 Å². The van der Waals surface area contributed by atoms with Gasteiger partial charge >= 0.3 is 0 Å². The molecule has 8 nitrogen and oxygen atoms in total. The first-order valence-corrected chi connectivity index (χ1v) is 7.81. The predicted octanol–water partition coefficient (Wildman–Crippen LogP) is 0.469. The van der Waals surface area contributed by atoms with Crippen molar-refractivity contribution in [3.8, 4) is 11.5 Å². The lowest BCUT2D eigenvalue weighted by atomic mass is 10.3. The normalized spacial score (nSPS) is 12.3. The highest BCUT2D eigenvalue weighted by Gasteiger charge is 2.25. The van der Waals surface area contributed by atoms with Crippen molar-refractivity contribution in [1.29, 1.82) is 0 Å². The molecule has 0 atom stereocenters. The second-order valence-corrected chi connectivity index (χ2v) is 6.27. The molecule has 0 spiro atoms. The van der Waals surface area contributed by atoms with Gasteiger partial charge in [0.1, 0.15) is 5.69 Å². The number of nitrogens with two attached hydrogens (primary N) is 1. The topological polar surface area (TPSA) is 109 Å². The molecule has 0 aliphatic heterocycles. The molecule has 0 saturated heterocycles. The monoisotopic (exact) mass is 298 g/mol. The van der Waals surface area contributed by atoms with Crippen LogP contribution in [-0.4, -0.2) is 33.0 Å². The number of primary sulfonamides is 1. The van der Waals surface area contributed by atoms with Gasteiger partial charge < -0.3 is 0 Å². The van der Waals surface area contributed by atoms with Crippen LogP contribution >= 0.6 is 0 Å². The second kappa shape index (κ2) is 4.98. The van der Waals surface area contributed by atoms with E-state index in [4.69, 9.17) is 5.14 Å². The summed E-state index contributed by atoms with van der Waals surface area (Å²) in [5, 5.41) is 17.0. The van der Waals surface area contributed by atoms with Crippen LogP contribution in [0.25, 0.3) is 11.5 Å². The number of rotatable bonds is 4. The van der Waals surface area contributed by atoms with Crippen LogP contribution in [0.5, 0.6) is 0 Å². The Morgan fingerprint density at radius 1 is 1.35 bits per heavy atom. The number of aromatic nitrogens is 5. The molecule has 0 aliphatic carbocycles. The Morgan fingerprint density at radius 2 is 2.00 bits per heavy atom. The van der Waals surface area contributed by atoms with Crippen molar-refractivity contribution in [3.63, 3.8) is 0 Å². The minimum Gasteiger partial charge on any atom is -0.293 e. The molecule has 0 bridgehead atoms. The van der Waals surface area contributed by atoms with E-state index in [1.807, 2.05) is 26.8 Å². The molecule has 0 saturated carbocycles. The van der Waals surface area contributed by atoms with Gasteiger partial charge in [-0.05, 0) is 26.3 Å². The molecule has 0 fully saturated rings. The summed E-state index contributed by atoms with van der Waals surface area (Å²) in [6.45, 7) is 5.69. The molecule has 0 unspecified atom stereocenters. The molecule has 0 aromatic carbocycles. The summed E-state index contributed by atoms with van der Waals surface area (Å²) in [6.07, 6.45) is 0.783. The van der Waals surface area contributed by atoms with E-state index >= 15 is 0 Å². The van der Waals surface area contributed by atoms with Crippen molar-refractivity contribution >= 4 is 10.0 Å². The molecule has 0 amide bonds. The van der Waals surface area contributed by atoms with E-state index in [9.17, 15) is 8.42 Å². The Morgan fingerprint density at radius 3 is 2.45 bits per heavy atom. The van der Waals surface area contributed by atoms with Crippen molar-refractivity contribution in [1.82, 2.24) is 24.5 Å². The lowest BCUT2D eigenvalue weighted by Crippen LogP contribution is -2.20. The third kappa shape index (κ3) is 2.46. The fourth-order valence-electron chi connectivity index (χ4n) is 2.02. The molecule has 0 aliphatic rings.